The van der Waals surface area contributed by atoms with E-state index in [4.69, 9.17) is 5.11 Å². The van der Waals surface area contributed by atoms with Crippen LogP contribution in [0.2, 0.25) is 0 Å². The molecule has 0 saturated heterocycles. The second-order valence-electron chi connectivity index (χ2n) is 5.26. The summed E-state index contributed by atoms with van der Waals surface area (Å²) in [7, 11) is 0. The molecule has 2 heterocycles. The van der Waals surface area contributed by atoms with Crippen molar-refractivity contribution in [3.63, 3.8) is 0 Å². The number of carbonyl (C=O) groups is 1. The van der Waals surface area contributed by atoms with E-state index in [2.05, 4.69) is 0 Å². The van der Waals surface area contributed by atoms with E-state index < -0.39 is 28.6 Å². The van der Waals surface area contributed by atoms with Gasteiger partial charge in [-0.3, -0.25) is 4.79 Å². The number of aromatic nitrogens is 1. The van der Waals surface area contributed by atoms with E-state index in [0.29, 0.717) is 13.1 Å². The summed E-state index contributed by atoms with van der Waals surface area (Å²) in [4.78, 5) is 24.9. The number of fused-ring (bicyclic) bond motifs is 1. The fraction of sp³-hybridized carbons (Fsp3) is 0.250. The quantitative estimate of drug-likeness (QED) is 0.882. The van der Waals surface area contributed by atoms with Gasteiger partial charge in [0, 0.05) is 25.8 Å². The first-order valence-corrected chi connectivity index (χ1v) is 7.14. The van der Waals surface area contributed by atoms with Gasteiger partial charge in [-0.25, -0.2) is 13.6 Å². The Morgan fingerprint density at radius 1 is 1.30 bits per heavy atom. The van der Waals surface area contributed by atoms with Gasteiger partial charge in [0.05, 0.1) is 10.9 Å². The molecule has 0 spiro atoms. The molecule has 2 aromatic rings. The average Bonchev–Trinajstić information content (AvgIpc) is 3.02. The molecule has 1 aromatic heterocycles. The molecular formula is C16H14F2N2O3. The van der Waals surface area contributed by atoms with Crippen LogP contribution in [0.25, 0.3) is 10.9 Å². The summed E-state index contributed by atoms with van der Waals surface area (Å²) in [5.41, 5.74) is -1.67. The van der Waals surface area contributed by atoms with Gasteiger partial charge >= 0.3 is 5.97 Å². The summed E-state index contributed by atoms with van der Waals surface area (Å²) in [6.07, 6.45) is 4.69. The van der Waals surface area contributed by atoms with Crippen molar-refractivity contribution in [1.29, 1.82) is 0 Å². The van der Waals surface area contributed by atoms with E-state index in [1.807, 2.05) is 0 Å². The van der Waals surface area contributed by atoms with Crippen LogP contribution < -0.4 is 10.3 Å². The van der Waals surface area contributed by atoms with Crippen LogP contribution in [-0.4, -0.2) is 28.7 Å². The van der Waals surface area contributed by atoms with Crippen molar-refractivity contribution in [2.24, 2.45) is 0 Å². The Kier molecular flexibility index (Phi) is 3.63. The smallest absolute Gasteiger partial charge is 0.341 e. The highest BCUT2D eigenvalue weighted by Crippen LogP contribution is 2.31. The number of aromatic carboxylic acids is 1. The first kappa shape index (κ1) is 15.2. The lowest BCUT2D eigenvalue weighted by atomic mass is 10.1. The molecule has 0 amide bonds. The van der Waals surface area contributed by atoms with Crippen molar-refractivity contribution >= 4 is 22.6 Å². The van der Waals surface area contributed by atoms with Gasteiger partial charge in [-0.2, -0.15) is 0 Å². The molecule has 0 fully saturated rings. The van der Waals surface area contributed by atoms with Crippen molar-refractivity contribution in [1.82, 2.24) is 4.57 Å². The predicted octanol–water partition coefficient (Wildman–Crippen LogP) is 2.37. The molecule has 1 aromatic carbocycles. The molecule has 0 atom stereocenters. The Bertz CT molecular complexity index is 895. The molecule has 23 heavy (non-hydrogen) atoms. The number of carboxylic acids is 1. The lowest BCUT2D eigenvalue weighted by Crippen LogP contribution is -2.24. The van der Waals surface area contributed by atoms with Gasteiger partial charge in [0.25, 0.3) is 0 Å². The highest BCUT2D eigenvalue weighted by Gasteiger charge is 2.24. The third-order valence-electron chi connectivity index (χ3n) is 3.94. The molecule has 0 bridgehead atoms. The van der Waals surface area contributed by atoms with Crippen molar-refractivity contribution in [2.75, 3.05) is 18.0 Å². The molecule has 0 saturated carbocycles. The number of nitrogens with zero attached hydrogens (tertiary/aromatic N) is 2. The zero-order chi connectivity index (χ0) is 16.7. The lowest BCUT2D eigenvalue weighted by molar-refractivity contribution is 0.0695. The minimum absolute atomic E-state index is 0.0780. The van der Waals surface area contributed by atoms with E-state index in [1.54, 1.807) is 19.1 Å². The minimum atomic E-state index is -1.42. The normalized spacial score (nSPS) is 14.0. The lowest BCUT2D eigenvalue weighted by Gasteiger charge is -2.21. The third-order valence-corrected chi connectivity index (χ3v) is 3.94. The van der Waals surface area contributed by atoms with Crippen LogP contribution in [0.3, 0.4) is 0 Å². The molecule has 1 N–H and O–H groups in total. The maximum absolute atomic E-state index is 14.9. The highest BCUT2D eigenvalue weighted by atomic mass is 19.1. The van der Waals surface area contributed by atoms with E-state index in [0.717, 1.165) is 12.3 Å². The van der Waals surface area contributed by atoms with Crippen LogP contribution in [0.1, 0.15) is 17.3 Å². The van der Waals surface area contributed by atoms with Crippen LogP contribution in [0.4, 0.5) is 14.5 Å². The zero-order valence-corrected chi connectivity index (χ0v) is 12.3. The standard InChI is InChI=1S/C16H14F2N2O3/c1-2-19-8-10(16(22)23)15(21)9-7-11(17)14(12(18)13(9)19)20-5-3-4-6-20/h3-4,7-8H,2,5-6H2,1H3,(H,22,23). The molecule has 0 aliphatic carbocycles. The average molecular weight is 320 g/mol. The van der Waals surface area contributed by atoms with Crippen LogP contribution in [0.15, 0.2) is 29.2 Å². The van der Waals surface area contributed by atoms with Crippen molar-refractivity contribution < 1.29 is 18.7 Å². The number of aryl methyl sites for hydroxylation is 1. The number of rotatable bonds is 3. The monoisotopic (exact) mass is 320 g/mol. The predicted molar refractivity (Wildman–Crippen MR) is 82.1 cm³/mol. The van der Waals surface area contributed by atoms with Gasteiger partial charge in [0.2, 0.25) is 5.43 Å². The van der Waals surface area contributed by atoms with Gasteiger partial charge in [0.1, 0.15) is 17.1 Å². The molecule has 1 aliphatic rings. The fourth-order valence-corrected chi connectivity index (χ4v) is 2.83. The van der Waals surface area contributed by atoms with Gasteiger partial charge in [-0.15, -0.1) is 0 Å². The third kappa shape index (κ3) is 2.28. The Morgan fingerprint density at radius 2 is 1.96 bits per heavy atom. The molecule has 0 unspecified atom stereocenters. The van der Waals surface area contributed by atoms with Crippen molar-refractivity contribution in [3.8, 4) is 0 Å². The van der Waals surface area contributed by atoms with Crippen molar-refractivity contribution in [2.45, 2.75) is 13.5 Å². The molecule has 1 aliphatic heterocycles. The van der Waals surface area contributed by atoms with Crippen LogP contribution in [0.5, 0.6) is 0 Å². The maximum Gasteiger partial charge on any atom is 0.341 e. The number of halogens is 2. The van der Waals surface area contributed by atoms with E-state index in [-0.39, 0.29) is 23.1 Å². The fourth-order valence-electron chi connectivity index (χ4n) is 2.83. The summed E-state index contributed by atoms with van der Waals surface area (Å²) < 4.78 is 30.6. The van der Waals surface area contributed by atoms with Crippen LogP contribution >= 0.6 is 0 Å². The summed E-state index contributed by atoms with van der Waals surface area (Å²) in [5.74, 6) is -3.15. The summed E-state index contributed by atoms with van der Waals surface area (Å²) >= 11 is 0. The Balaban J connectivity index is 2.39. The Hall–Kier alpha value is -2.70. The maximum atomic E-state index is 14.9. The molecule has 3 rings (SSSR count). The number of hydrogen-bond donors (Lipinski definition) is 1. The van der Waals surface area contributed by atoms with Gasteiger partial charge < -0.3 is 14.6 Å². The van der Waals surface area contributed by atoms with Gasteiger partial charge in [0.15, 0.2) is 5.82 Å². The molecular weight excluding hydrogens is 306 g/mol. The molecule has 7 heteroatoms. The van der Waals surface area contributed by atoms with Gasteiger partial charge in [-0.1, -0.05) is 12.2 Å². The SMILES string of the molecule is CCn1cc(C(=O)O)c(=O)c2cc(F)c(N3CC=CC3)c(F)c21. The number of pyridine rings is 1. The van der Waals surface area contributed by atoms with Crippen LogP contribution in [0, 0.1) is 11.6 Å². The number of hydrogen-bond acceptors (Lipinski definition) is 3. The van der Waals surface area contributed by atoms with E-state index >= 15 is 0 Å². The summed E-state index contributed by atoms with van der Waals surface area (Å²) in [6.45, 7) is 2.69. The number of benzene rings is 1. The summed E-state index contributed by atoms with van der Waals surface area (Å²) in [6, 6.07) is 0.924. The number of carboxylic acid groups (broad SMARTS) is 1. The summed E-state index contributed by atoms with van der Waals surface area (Å²) in [5, 5.41) is 8.83. The van der Waals surface area contributed by atoms with Crippen LogP contribution in [-0.2, 0) is 6.54 Å². The zero-order valence-electron chi connectivity index (χ0n) is 12.3. The Morgan fingerprint density at radius 3 is 2.52 bits per heavy atom. The molecule has 120 valence electrons. The largest absolute Gasteiger partial charge is 0.477 e. The topological polar surface area (TPSA) is 62.5 Å². The Labute approximate surface area is 130 Å². The first-order chi connectivity index (χ1) is 11.0. The second kappa shape index (κ2) is 5.49. The number of anilines is 1. The second-order valence-corrected chi connectivity index (χ2v) is 5.26. The van der Waals surface area contributed by atoms with E-state index in [1.165, 1.54) is 9.47 Å². The highest BCUT2D eigenvalue weighted by molar-refractivity contribution is 5.93. The van der Waals surface area contributed by atoms with Gasteiger partial charge in [-0.05, 0) is 13.0 Å². The minimum Gasteiger partial charge on any atom is -0.477 e. The van der Waals surface area contributed by atoms with Crippen molar-refractivity contribution in [3.05, 3.63) is 51.8 Å². The molecule has 0 radical (unpaired) electrons. The first-order valence-electron chi connectivity index (χ1n) is 7.14. The molecule has 5 nitrogen and oxygen atoms in total. The van der Waals surface area contributed by atoms with E-state index in [9.17, 15) is 18.4 Å².